The van der Waals surface area contributed by atoms with Gasteiger partial charge in [0.15, 0.2) is 8.32 Å². The summed E-state index contributed by atoms with van der Waals surface area (Å²) in [7, 11) is -1.78. The van der Waals surface area contributed by atoms with Crippen LogP contribution < -0.4 is 5.73 Å². The zero-order chi connectivity index (χ0) is 18.8. The van der Waals surface area contributed by atoms with E-state index >= 15 is 0 Å². The molecule has 2 rings (SSSR count). The van der Waals surface area contributed by atoms with Crippen LogP contribution in [-0.4, -0.2) is 25.6 Å². The molecule has 0 radical (unpaired) electrons. The van der Waals surface area contributed by atoms with E-state index in [0.717, 1.165) is 22.3 Å². The first kappa shape index (κ1) is 19.9. The van der Waals surface area contributed by atoms with Gasteiger partial charge in [-0.2, -0.15) is 0 Å². The van der Waals surface area contributed by atoms with Crippen LogP contribution >= 0.6 is 0 Å². The molecule has 0 saturated heterocycles. The van der Waals surface area contributed by atoms with Crippen LogP contribution in [0.2, 0.25) is 19.6 Å². The third-order valence-electron chi connectivity index (χ3n) is 4.64. The van der Waals surface area contributed by atoms with E-state index in [-0.39, 0.29) is 6.10 Å². The largest absolute Gasteiger partial charge is 0.413 e. The molecular weight excluding hydrogens is 326 g/mol. The van der Waals surface area contributed by atoms with Gasteiger partial charge >= 0.3 is 0 Å². The average Bonchev–Trinajstić information content (AvgIpc) is 2.52. The van der Waals surface area contributed by atoms with Crippen molar-refractivity contribution in [3.8, 4) is 0 Å². The van der Waals surface area contributed by atoms with Gasteiger partial charge in [0.05, 0.1) is 12.1 Å². The molecule has 0 spiro atoms. The molecule has 3 nitrogen and oxygen atoms in total. The van der Waals surface area contributed by atoms with Crippen LogP contribution in [0.5, 0.6) is 0 Å². The lowest BCUT2D eigenvalue weighted by Crippen LogP contribution is -2.55. The molecule has 0 fully saturated rings. The maximum Gasteiger partial charge on any atom is 0.184 e. The van der Waals surface area contributed by atoms with E-state index in [4.69, 9.17) is 10.2 Å². The minimum absolute atomic E-state index is 0.268. The van der Waals surface area contributed by atoms with E-state index in [9.17, 15) is 5.11 Å². The van der Waals surface area contributed by atoms with Gasteiger partial charge in [0.2, 0.25) is 0 Å². The number of hydrogen-bond donors (Lipinski definition) is 2. The van der Waals surface area contributed by atoms with E-state index in [2.05, 4.69) is 19.6 Å². The molecule has 3 N–H and O–H groups in total. The summed E-state index contributed by atoms with van der Waals surface area (Å²) < 4.78 is 6.22. The highest BCUT2D eigenvalue weighted by molar-refractivity contribution is 6.69. The molecule has 0 heterocycles. The van der Waals surface area contributed by atoms with Crippen LogP contribution in [0.25, 0.3) is 0 Å². The zero-order valence-electron chi connectivity index (χ0n) is 16.2. The third-order valence-corrected chi connectivity index (χ3v) is 5.72. The summed E-state index contributed by atoms with van der Waals surface area (Å²) in [5, 5.41) is 12.0. The Hall–Kier alpha value is -1.46. The van der Waals surface area contributed by atoms with Crippen molar-refractivity contribution < 1.29 is 9.53 Å². The predicted octanol–water partition coefficient (Wildman–Crippen LogP) is 4.11. The van der Waals surface area contributed by atoms with Crippen molar-refractivity contribution in [3.05, 3.63) is 70.8 Å². The van der Waals surface area contributed by atoms with Gasteiger partial charge in [-0.1, -0.05) is 48.5 Å². The van der Waals surface area contributed by atoms with Crippen LogP contribution in [0.15, 0.2) is 48.5 Å². The Kier molecular flexibility index (Phi) is 5.89. The minimum atomic E-state index is -1.78. The lowest BCUT2D eigenvalue weighted by molar-refractivity contribution is 0.00518. The highest BCUT2D eigenvalue weighted by atomic mass is 28.4. The van der Waals surface area contributed by atoms with Gasteiger partial charge in [-0.05, 0) is 62.7 Å². The van der Waals surface area contributed by atoms with E-state index in [1.165, 1.54) is 0 Å². The molecule has 2 unspecified atom stereocenters. The number of nitrogens with two attached hydrogens (primary N) is 1. The Labute approximate surface area is 153 Å². The highest BCUT2D eigenvalue weighted by Crippen LogP contribution is 2.38. The highest BCUT2D eigenvalue weighted by Gasteiger charge is 2.43. The van der Waals surface area contributed by atoms with Crippen molar-refractivity contribution in [2.24, 2.45) is 5.73 Å². The summed E-state index contributed by atoms with van der Waals surface area (Å²) in [6.07, 6.45) is -0.268. The topological polar surface area (TPSA) is 55.5 Å². The van der Waals surface area contributed by atoms with Crippen LogP contribution in [0.3, 0.4) is 0 Å². The van der Waals surface area contributed by atoms with Crippen LogP contribution in [-0.2, 0) is 10.0 Å². The zero-order valence-corrected chi connectivity index (χ0v) is 17.2. The van der Waals surface area contributed by atoms with Crippen molar-refractivity contribution in [1.82, 2.24) is 0 Å². The predicted molar refractivity (Wildman–Crippen MR) is 107 cm³/mol. The number of benzene rings is 2. The Balaban J connectivity index is 2.61. The quantitative estimate of drug-likeness (QED) is 0.765. The summed E-state index contributed by atoms with van der Waals surface area (Å²) in [6.45, 7) is 12.4. The fourth-order valence-corrected chi connectivity index (χ4v) is 4.74. The van der Waals surface area contributed by atoms with Crippen molar-refractivity contribution in [1.29, 1.82) is 0 Å². The van der Waals surface area contributed by atoms with Gasteiger partial charge in [0.1, 0.15) is 5.60 Å². The second kappa shape index (κ2) is 7.42. The van der Waals surface area contributed by atoms with Crippen LogP contribution in [0.1, 0.15) is 29.2 Å². The molecule has 0 bridgehead atoms. The van der Waals surface area contributed by atoms with Gasteiger partial charge in [0, 0.05) is 0 Å². The molecule has 2 atom stereocenters. The van der Waals surface area contributed by atoms with Crippen molar-refractivity contribution in [2.45, 2.75) is 58.2 Å². The standard InChI is InChI=1S/C21H31NO2Si/c1-15-11-7-9-13-18(15)21(23,19-14-10-8-12-16(19)2)20(22)17(3)24-25(4,5)6/h7-14,17,20,23H,22H2,1-6H3. The summed E-state index contributed by atoms with van der Waals surface area (Å²) in [5.74, 6) is 0. The third kappa shape index (κ3) is 4.21. The molecule has 25 heavy (non-hydrogen) atoms. The summed E-state index contributed by atoms with van der Waals surface area (Å²) in [6, 6.07) is 15.2. The molecule has 2 aromatic carbocycles. The van der Waals surface area contributed by atoms with Crippen molar-refractivity contribution in [3.63, 3.8) is 0 Å². The molecule has 0 aliphatic rings. The van der Waals surface area contributed by atoms with Crippen molar-refractivity contribution in [2.75, 3.05) is 0 Å². The summed E-state index contributed by atoms with van der Waals surface area (Å²) in [5.41, 5.74) is 9.05. The van der Waals surface area contributed by atoms with Gasteiger partial charge in [-0.15, -0.1) is 0 Å². The van der Waals surface area contributed by atoms with E-state index in [0.29, 0.717) is 0 Å². The van der Waals surface area contributed by atoms with Gasteiger partial charge in [-0.25, -0.2) is 0 Å². The monoisotopic (exact) mass is 357 g/mol. The first-order valence-corrected chi connectivity index (χ1v) is 12.3. The molecule has 0 saturated carbocycles. The van der Waals surface area contributed by atoms with Gasteiger partial charge < -0.3 is 15.3 Å². The molecule has 0 aliphatic carbocycles. The fourth-order valence-electron chi connectivity index (χ4n) is 3.48. The molecular formula is C21H31NO2Si. The first-order valence-electron chi connectivity index (χ1n) is 8.85. The van der Waals surface area contributed by atoms with Crippen molar-refractivity contribution >= 4 is 8.32 Å². The van der Waals surface area contributed by atoms with Crippen LogP contribution in [0, 0.1) is 13.8 Å². The number of aliphatic hydroxyl groups is 1. The second-order valence-electron chi connectivity index (χ2n) is 7.86. The normalized spacial score (nSPS) is 15.0. The average molecular weight is 358 g/mol. The maximum atomic E-state index is 12.0. The lowest BCUT2D eigenvalue weighted by Gasteiger charge is -2.41. The van der Waals surface area contributed by atoms with Gasteiger partial charge in [-0.3, -0.25) is 0 Å². The molecule has 136 valence electrons. The SMILES string of the molecule is Cc1ccccc1C(O)(c1ccccc1C)C(N)C(C)O[Si](C)(C)C. The lowest BCUT2D eigenvalue weighted by atomic mass is 9.75. The van der Waals surface area contributed by atoms with Crippen LogP contribution in [0.4, 0.5) is 0 Å². The van der Waals surface area contributed by atoms with E-state index in [1.807, 2.05) is 69.3 Å². The molecule has 4 heteroatoms. The Bertz CT molecular complexity index is 678. The number of hydrogen-bond acceptors (Lipinski definition) is 3. The molecule has 0 aromatic heterocycles. The first-order chi connectivity index (χ1) is 11.6. The number of rotatable bonds is 6. The van der Waals surface area contributed by atoms with E-state index in [1.54, 1.807) is 0 Å². The molecule has 2 aromatic rings. The Morgan fingerprint density at radius 1 is 0.920 bits per heavy atom. The maximum absolute atomic E-state index is 12.0. The second-order valence-corrected chi connectivity index (χ2v) is 12.3. The number of aryl methyl sites for hydroxylation is 2. The minimum Gasteiger partial charge on any atom is -0.413 e. The summed E-state index contributed by atoms with van der Waals surface area (Å²) in [4.78, 5) is 0. The smallest absolute Gasteiger partial charge is 0.184 e. The molecule has 0 amide bonds. The Morgan fingerprint density at radius 3 is 1.68 bits per heavy atom. The summed E-state index contributed by atoms with van der Waals surface area (Å²) >= 11 is 0. The van der Waals surface area contributed by atoms with E-state index < -0.39 is 20.0 Å². The molecule has 0 aliphatic heterocycles. The Morgan fingerprint density at radius 2 is 1.32 bits per heavy atom. The van der Waals surface area contributed by atoms with Gasteiger partial charge in [0.25, 0.3) is 0 Å². The fraction of sp³-hybridized carbons (Fsp3) is 0.429.